The van der Waals surface area contributed by atoms with Crippen LogP contribution in [0.4, 0.5) is 0 Å². The minimum atomic E-state index is -0.484. The molecule has 0 aliphatic carbocycles. The molecule has 0 N–H and O–H groups in total. The van der Waals surface area contributed by atoms with Gasteiger partial charge in [-0.05, 0) is 44.0 Å². The van der Waals surface area contributed by atoms with E-state index in [0.717, 1.165) is 37.1 Å². The number of benzene rings is 2. The summed E-state index contributed by atoms with van der Waals surface area (Å²) in [5.74, 6) is 0.330. The smallest absolute Gasteiger partial charge is 0.338 e. The maximum Gasteiger partial charge on any atom is 0.338 e. The number of aromatic nitrogens is 2. The summed E-state index contributed by atoms with van der Waals surface area (Å²) in [7, 11) is 0. The number of rotatable bonds is 3. The number of carbonyl (C=O) groups is 1. The molecule has 1 aliphatic rings. The monoisotopic (exact) mass is 396 g/mol. The number of aryl methyl sites for hydroxylation is 1. The van der Waals surface area contributed by atoms with Crippen molar-refractivity contribution in [1.29, 1.82) is 0 Å². The summed E-state index contributed by atoms with van der Waals surface area (Å²) in [5, 5.41) is 1.08. The molecule has 5 nitrogen and oxygen atoms in total. The fourth-order valence-electron chi connectivity index (χ4n) is 3.64. The molecule has 0 amide bonds. The highest BCUT2D eigenvalue weighted by Gasteiger charge is 2.18. The summed E-state index contributed by atoms with van der Waals surface area (Å²) >= 11 is 6.19. The first-order chi connectivity index (χ1) is 13.5. The van der Waals surface area contributed by atoms with E-state index >= 15 is 0 Å². The van der Waals surface area contributed by atoms with Crippen LogP contribution in [0.2, 0.25) is 5.02 Å². The Morgan fingerprint density at radius 1 is 1.18 bits per heavy atom. The Kier molecular flexibility index (Phi) is 5.18. The molecule has 144 valence electrons. The molecule has 1 atom stereocenters. The van der Waals surface area contributed by atoms with E-state index in [9.17, 15) is 9.59 Å². The van der Waals surface area contributed by atoms with E-state index in [2.05, 4.69) is 4.98 Å². The van der Waals surface area contributed by atoms with Crippen molar-refractivity contribution in [3.8, 4) is 0 Å². The largest absolute Gasteiger partial charge is 0.454 e. The van der Waals surface area contributed by atoms with Crippen LogP contribution in [0.5, 0.6) is 0 Å². The normalized spacial score (nSPS) is 14.9. The van der Waals surface area contributed by atoms with Crippen molar-refractivity contribution in [3.05, 3.63) is 74.8 Å². The van der Waals surface area contributed by atoms with Gasteiger partial charge < -0.3 is 4.74 Å². The molecule has 3 aromatic rings. The Bertz CT molecular complexity index is 1110. The van der Waals surface area contributed by atoms with Crippen molar-refractivity contribution in [2.75, 3.05) is 0 Å². The second-order valence-electron chi connectivity index (χ2n) is 7.10. The predicted molar refractivity (Wildman–Crippen MR) is 109 cm³/mol. The predicted octanol–water partition coefficient (Wildman–Crippen LogP) is 4.69. The molecule has 4 rings (SSSR count). The number of hydrogen-bond donors (Lipinski definition) is 0. The van der Waals surface area contributed by atoms with Gasteiger partial charge in [-0.1, -0.05) is 36.2 Å². The first-order valence-corrected chi connectivity index (χ1v) is 9.91. The van der Waals surface area contributed by atoms with Crippen LogP contribution in [0, 0.1) is 0 Å². The molecule has 28 heavy (non-hydrogen) atoms. The fraction of sp³-hybridized carbons (Fsp3) is 0.318. The molecule has 2 aromatic carbocycles. The summed E-state index contributed by atoms with van der Waals surface area (Å²) in [4.78, 5) is 30.1. The van der Waals surface area contributed by atoms with Crippen molar-refractivity contribution in [2.45, 2.75) is 45.3 Å². The van der Waals surface area contributed by atoms with Crippen LogP contribution in [-0.4, -0.2) is 15.5 Å². The summed E-state index contributed by atoms with van der Waals surface area (Å²) in [6, 6.07) is 12.2. The quantitative estimate of drug-likeness (QED) is 0.602. The van der Waals surface area contributed by atoms with Gasteiger partial charge >= 0.3 is 5.97 Å². The molecule has 0 saturated heterocycles. The van der Waals surface area contributed by atoms with Crippen molar-refractivity contribution < 1.29 is 9.53 Å². The second kappa shape index (κ2) is 7.76. The second-order valence-corrected chi connectivity index (χ2v) is 7.50. The van der Waals surface area contributed by atoms with Crippen molar-refractivity contribution >= 4 is 28.5 Å². The molecule has 1 aliphatic heterocycles. The molecule has 0 bridgehead atoms. The molecule has 0 radical (unpaired) electrons. The molecule has 6 heteroatoms. The lowest BCUT2D eigenvalue weighted by atomic mass is 10.1. The Hall–Kier alpha value is -2.66. The van der Waals surface area contributed by atoms with Gasteiger partial charge in [0.1, 0.15) is 11.9 Å². The lowest BCUT2D eigenvalue weighted by Crippen LogP contribution is -2.24. The zero-order valence-corrected chi connectivity index (χ0v) is 16.4. The van der Waals surface area contributed by atoms with Gasteiger partial charge in [-0.2, -0.15) is 0 Å². The lowest BCUT2D eigenvalue weighted by Gasteiger charge is -2.15. The van der Waals surface area contributed by atoms with E-state index in [4.69, 9.17) is 16.3 Å². The number of esters is 1. The van der Waals surface area contributed by atoms with Crippen LogP contribution in [-0.2, 0) is 17.7 Å². The van der Waals surface area contributed by atoms with Crippen LogP contribution >= 0.6 is 11.6 Å². The number of halogens is 1. The van der Waals surface area contributed by atoms with E-state index in [-0.39, 0.29) is 5.56 Å². The fourth-order valence-corrected chi connectivity index (χ4v) is 3.93. The van der Waals surface area contributed by atoms with Gasteiger partial charge in [0.05, 0.1) is 16.5 Å². The summed E-state index contributed by atoms with van der Waals surface area (Å²) < 4.78 is 7.35. The maximum absolute atomic E-state index is 12.8. The minimum Gasteiger partial charge on any atom is -0.454 e. The first-order valence-electron chi connectivity index (χ1n) is 9.53. The highest BCUT2D eigenvalue weighted by molar-refractivity contribution is 6.31. The number of carbonyl (C=O) groups excluding carboxylic acids is 1. The molecular weight excluding hydrogens is 376 g/mol. The van der Waals surface area contributed by atoms with Crippen LogP contribution in [0.15, 0.2) is 47.3 Å². The van der Waals surface area contributed by atoms with Crippen LogP contribution in [0.1, 0.15) is 54.0 Å². The molecule has 1 aromatic heterocycles. The molecule has 0 unspecified atom stereocenters. The average Bonchev–Trinajstić information content (AvgIpc) is 2.93. The lowest BCUT2D eigenvalue weighted by molar-refractivity contribution is 0.0338. The van der Waals surface area contributed by atoms with E-state index in [0.29, 0.717) is 28.0 Å². The van der Waals surface area contributed by atoms with Crippen LogP contribution < -0.4 is 5.56 Å². The van der Waals surface area contributed by atoms with E-state index < -0.39 is 12.1 Å². The number of nitrogens with zero attached hydrogens (tertiary/aromatic N) is 2. The number of hydrogen-bond acceptors (Lipinski definition) is 4. The Morgan fingerprint density at radius 2 is 2.00 bits per heavy atom. The Morgan fingerprint density at radius 3 is 2.82 bits per heavy atom. The zero-order chi connectivity index (χ0) is 19.7. The van der Waals surface area contributed by atoms with Gasteiger partial charge in [-0.25, -0.2) is 9.78 Å². The summed E-state index contributed by atoms with van der Waals surface area (Å²) in [6.45, 7) is 2.49. The number of fused-ring (bicyclic) bond motifs is 2. The van der Waals surface area contributed by atoms with Gasteiger partial charge in [0, 0.05) is 23.6 Å². The Labute approximate surface area is 167 Å². The van der Waals surface area contributed by atoms with Gasteiger partial charge in [0.15, 0.2) is 0 Å². The van der Waals surface area contributed by atoms with Crippen molar-refractivity contribution in [2.24, 2.45) is 0 Å². The maximum atomic E-state index is 12.8. The highest BCUT2D eigenvalue weighted by Crippen LogP contribution is 2.26. The topological polar surface area (TPSA) is 61.2 Å². The minimum absolute atomic E-state index is 0.0359. The third-order valence-corrected chi connectivity index (χ3v) is 5.52. The van der Waals surface area contributed by atoms with E-state index in [1.54, 1.807) is 35.8 Å². The van der Waals surface area contributed by atoms with Crippen molar-refractivity contribution in [1.82, 2.24) is 9.55 Å². The zero-order valence-electron chi connectivity index (χ0n) is 15.7. The molecule has 0 saturated carbocycles. The molecule has 0 fully saturated rings. The number of ether oxygens (including phenoxy) is 1. The highest BCUT2D eigenvalue weighted by atomic mass is 35.5. The third kappa shape index (κ3) is 3.54. The van der Waals surface area contributed by atoms with Gasteiger partial charge in [-0.15, -0.1) is 0 Å². The standard InChI is InChI=1S/C22H21ClN2O3/c1-14(16-7-4-5-8-18(16)23)28-22(27)15-10-11-17-19(13-15)24-20-9-3-2-6-12-25(20)21(17)26/h4-5,7-8,10-11,13-14H,2-3,6,9,12H2,1H3/t14-/m0/s1. The van der Waals surface area contributed by atoms with E-state index in [1.165, 1.54) is 0 Å². The molecule has 2 heterocycles. The summed E-state index contributed by atoms with van der Waals surface area (Å²) in [5.41, 5.74) is 1.63. The van der Waals surface area contributed by atoms with Gasteiger partial charge in [0.2, 0.25) is 0 Å². The third-order valence-electron chi connectivity index (χ3n) is 5.18. The van der Waals surface area contributed by atoms with Crippen molar-refractivity contribution in [3.63, 3.8) is 0 Å². The van der Waals surface area contributed by atoms with Crippen LogP contribution in [0.3, 0.4) is 0 Å². The van der Waals surface area contributed by atoms with Crippen LogP contribution in [0.25, 0.3) is 10.9 Å². The Balaban J connectivity index is 1.65. The van der Waals surface area contributed by atoms with Gasteiger partial charge in [0.25, 0.3) is 5.56 Å². The SMILES string of the molecule is C[C@H](OC(=O)c1ccc2c(=O)n3c(nc2c1)CCCCC3)c1ccccc1Cl. The van der Waals surface area contributed by atoms with E-state index in [1.807, 2.05) is 18.2 Å². The summed E-state index contributed by atoms with van der Waals surface area (Å²) in [6.07, 6.45) is 3.40. The average molecular weight is 397 g/mol. The molecule has 0 spiro atoms. The first kappa shape index (κ1) is 18.7. The van der Waals surface area contributed by atoms with Gasteiger partial charge in [-0.3, -0.25) is 9.36 Å². The molecular formula is C22H21ClN2O3.